The van der Waals surface area contributed by atoms with Crippen molar-refractivity contribution >= 4 is 5.70 Å². The molecule has 1 aliphatic rings. The van der Waals surface area contributed by atoms with Crippen LogP contribution in [0.1, 0.15) is 41.5 Å². The Morgan fingerprint density at radius 1 is 1.06 bits per heavy atom. The summed E-state index contributed by atoms with van der Waals surface area (Å²) in [5.41, 5.74) is 2.49. The smallest absolute Gasteiger partial charge is 0.0991 e. The number of nitrogens with zero attached hydrogens (tertiary/aromatic N) is 2. The maximum atomic E-state index is 4.04. The Hall–Kier alpha value is -1.57. The first kappa shape index (κ1) is 16.4. The zero-order chi connectivity index (χ0) is 14.0. The van der Waals surface area contributed by atoms with E-state index in [1.165, 1.54) is 11.3 Å². The number of allylic oxidation sites excluding steroid dienone is 6. The molecule has 0 aliphatic heterocycles. The van der Waals surface area contributed by atoms with Crippen LogP contribution in [0.2, 0.25) is 0 Å². The van der Waals surface area contributed by atoms with Crippen LogP contribution < -0.4 is 0 Å². The van der Waals surface area contributed by atoms with Crippen LogP contribution in [0.5, 0.6) is 0 Å². The van der Waals surface area contributed by atoms with Crippen molar-refractivity contribution in [2.45, 2.75) is 41.5 Å². The summed E-state index contributed by atoms with van der Waals surface area (Å²) >= 11 is 0. The second-order valence-electron chi connectivity index (χ2n) is 3.66. The standard InChI is InChI=1S/C12H14N2.2C2H6/c1-10-3-4-12(8-11(2)7-10)14-6-5-13-9-14;2*1-2/h3-9,11H,1-2H3;2*1-2H3. The van der Waals surface area contributed by atoms with Crippen molar-refractivity contribution < 1.29 is 0 Å². The zero-order valence-corrected chi connectivity index (χ0v) is 12.5. The number of imidazole rings is 1. The normalized spacial score (nSPS) is 17.3. The number of aromatic nitrogens is 2. The fourth-order valence-electron chi connectivity index (χ4n) is 1.64. The molecule has 0 radical (unpaired) electrons. The van der Waals surface area contributed by atoms with Gasteiger partial charge in [-0.2, -0.15) is 0 Å². The largest absolute Gasteiger partial charge is 0.307 e. The minimum Gasteiger partial charge on any atom is -0.307 e. The van der Waals surface area contributed by atoms with Gasteiger partial charge < -0.3 is 4.57 Å². The molecular formula is C16H26N2. The minimum absolute atomic E-state index is 0.474. The van der Waals surface area contributed by atoms with E-state index in [0.717, 1.165) is 0 Å². The highest BCUT2D eigenvalue weighted by molar-refractivity contribution is 5.60. The van der Waals surface area contributed by atoms with Crippen LogP contribution in [0.3, 0.4) is 0 Å². The molecule has 0 saturated carbocycles. The summed E-state index contributed by atoms with van der Waals surface area (Å²) in [5.74, 6) is 0.474. The van der Waals surface area contributed by atoms with Crippen LogP contribution in [-0.4, -0.2) is 9.55 Å². The van der Waals surface area contributed by atoms with Gasteiger partial charge in [0.2, 0.25) is 0 Å². The molecule has 100 valence electrons. The SMILES string of the molecule is CC.CC.CC1=CC(C)C=C(n2ccnc2)C=C1. The molecule has 0 amide bonds. The van der Waals surface area contributed by atoms with Crippen LogP contribution >= 0.6 is 0 Å². The average Bonchev–Trinajstić information content (AvgIpc) is 2.87. The minimum atomic E-state index is 0.474. The monoisotopic (exact) mass is 246 g/mol. The van der Waals surface area contributed by atoms with Gasteiger partial charge in [-0.25, -0.2) is 4.98 Å². The molecule has 1 unspecified atom stereocenters. The van der Waals surface area contributed by atoms with E-state index in [9.17, 15) is 0 Å². The number of rotatable bonds is 1. The predicted octanol–water partition coefficient (Wildman–Crippen LogP) is 4.93. The van der Waals surface area contributed by atoms with E-state index in [1.807, 2.05) is 44.8 Å². The van der Waals surface area contributed by atoms with Crippen molar-refractivity contribution in [3.8, 4) is 0 Å². The molecule has 1 aromatic heterocycles. The summed E-state index contributed by atoms with van der Waals surface area (Å²) in [4.78, 5) is 4.04. The van der Waals surface area contributed by atoms with E-state index in [-0.39, 0.29) is 0 Å². The molecule has 1 heterocycles. The van der Waals surface area contributed by atoms with Gasteiger partial charge in [0.1, 0.15) is 0 Å². The summed E-state index contributed by atoms with van der Waals surface area (Å²) in [6.07, 6.45) is 14.3. The molecule has 1 aromatic rings. The van der Waals surface area contributed by atoms with Gasteiger partial charge in [0.15, 0.2) is 0 Å². The maximum absolute atomic E-state index is 4.04. The third kappa shape index (κ3) is 5.17. The van der Waals surface area contributed by atoms with Crippen molar-refractivity contribution in [1.29, 1.82) is 0 Å². The van der Waals surface area contributed by atoms with Crippen LogP contribution in [0, 0.1) is 5.92 Å². The molecule has 2 nitrogen and oxygen atoms in total. The van der Waals surface area contributed by atoms with Gasteiger partial charge in [-0.1, -0.05) is 58.4 Å². The van der Waals surface area contributed by atoms with Gasteiger partial charge in [0, 0.05) is 18.1 Å². The van der Waals surface area contributed by atoms with Gasteiger partial charge in [-0.15, -0.1) is 0 Å². The van der Waals surface area contributed by atoms with Crippen molar-refractivity contribution in [2.24, 2.45) is 5.92 Å². The van der Waals surface area contributed by atoms with E-state index in [0.29, 0.717) is 5.92 Å². The predicted molar refractivity (Wildman–Crippen MR) is 81.3 cm³/mol. The molecule has 0 N–H and O–H groups in total. The summed E-state index contributed by atoms with van der Waals surface area (Å²) in [7, 11) is 0. The van der Waals surface area contributed by atoms with Crippen LogP contribution in [0.25, 0.3) is 5.70 Å². The Balaban J connectivity index is 0.000000659. The van der Waals surface area contributed by atoms with Gasteiger partial charge in [-0.3, -0.25) is 0 Å². The molecule has 18 heavy (non-hydrogen) atoms. The summed E-state index contributed by atoms with van der Waals surface area (Å²) in [5, 5.41) is 0. The molecule has 1 atom stereocenters. The lowest BCUT2D eigenvalue weighted by Gasteiger charge is -2.03. The lowest BCUT2D eigenvalue weighted by Crippen LogP contribution is -1.92. The Labute approximate surface area is 112 Å². The van der Waals surface area contributed by atoms with Crippen molar-refractivity contribution in [3.05, 3.63) is 48.6 Å². The lowest BCUT2D eigenvalue weighted by atomic mass is 10.1. The van der Waals surface area contributed by atoms with E-state index in [4.69, 9.17) is 0 Å². The Morgan fingerprint density at radius 3 is 2.28 bits per heavy atom. The first-order valence-electron chi connectivity index (χ1n) is 6.82. The molecule has 0 spiro atoms. The lowest BCUT2D eigenvalue weighted by molar-refractivity contribution is 0.923. The molecule has 1 aliphatic carbocycles. The molecule has 0 aromatic carbocycles. The van der Waals surface area contributed by atoms with Crippen LogP contribution in [0.15, 0.2) is 48.6 Å². The molecule has 0 saturated heterocycles. The topological polar surface area (TPSA) is 17.8 Å². The van der Waals surface area contributed by atoms with Crippen LogP contribution in [0.4, 0.5) is 0 Å². The van der Waals surface area contributed by atoms with E-state index >= 15 is 0 Å². The quantitative estimate of drug-likeness (QED) is 0.687. The molecule has 0 bridgehead atoms. The van der Waals surface area contributed by atoms with Crippen LogP contribution in [-0.2, 0) is 0 Å². The second kappa shape index (κ2) is 9.46. The highest BCUT2D eigenvalue weighted by Gasteiger charge is 2.02. The highest BCUT2D eigenvalue weighted by atomic mass is 15.0. The Bertz CT molecular complexity index is 395. The molecular weight excluding hydrogens is 220 g/mol. The van der Waals surface area contributed by atoms with E-state index in [1.54, 1.807) is 6.20 Å². The molecule has 0 fully saturated rings. The van der Waals surface area contributed by atoms with Gasteiger partial charge in [0.05, 0.1) is 6.33 Å². The number of hydrogen-bond donors (Lipinski definition) is 0. The molecule has 2 rings (SSSR count). The third-order valence-corrected chi connectivity index (χ3v) is 2.28. The van der Waals surface area contributed by atoms with Crippen molar-refractivity contribution in [3.63, 3.8) is 0 Å². The van der Waals surface area contributed by atoms with E-state index in [2.05, 4.69) is 43.1 Å². The zero-order valence-electron chi connectivity index (χ0n) is 12.5. The van der Waals surface area contributed by atoms with Gasteiger partial charge >= 0.3 is 0 Å². The Morgan fingerprint density at radius 2 is 1.72 bits per heavy atom. The maximum Gasteiger partial charge on any atom is 0.0991 e. The van der Waals surface area contributed by atoms with E-state index < -0.39 is 0 Å². The average molecular weight is 246 g/mol. The fourth-order valence-corrected chi connectivity index (χ4v) is 1.64. The first-order chi connectivity index (χ1) is 8.75. The van der Waals surface area contributed by atoms with Crippen molar-refractivity contribution in [2.75, 3.05) is 0 Å². The molecule has 2 heteroatoms. The highest BCUT2D eigenvalue weighted by Crippen LogP contribution is 2.17. The Kier molecular flexibility index (Phi) is 8.63. The second-order valence-corrected chi connectivity index (χ2v) is 3.66. The third-order valence-electron chi connectivity index (χ3n) is 2.28. The fraction of sp³-hybridized carbons (Fsp3) is 0.438. The first-order valence-corrected chi connectivity index (χ1v) is 6.82. The van der Waals surface area contributed by atoms with Crippen molar-refractivity contribution in [1.82, 2.24) is 9.55 Å². The number of hydrogen-bond acceptors (Lipinski definition) is 1. The summed E-state index contributed by atoms with van der Waals surface area (Å²) in [6, 6.07) is 0. The summed E-state index contributed by atoms with van der Waals surface area (Å²) < 4.78 is 2.03. The van der Waals surface area contributed by atoms with Gasteiger partial charge in [-0.05, 0) is 18.9 Å². The van der Waals surface area contributed by atoms with Gasteiger partial charge in [0.25, 0.3) is 0 Å². The summed E-state index contributed by atoms with van der Waals surface area (Å²) in [6.45, 7) is 12.3.